The largest absolute Gasteiger partial charge is 0.399 e. The third kappa shape index (κ3) is 2.70. The smallest absolute Gasteiger partial charge is 0.246 e. The molecule has 2 aliphatic rings. The van der Waals surface area contributed by atoms with Crippen molar-refractivity contribution in [3.05, 3.63) is 29.6 Å². The topological polar surface area (TPSA) is 66.6 Å². The fourth-order valence-electron chi connectivity index (χ4n) is 3.15. The van der Waals surface area contributed by atoms with Crippen LogP contribution in [0.25, 0.3) is 0 Å². The summed E-state index contributed by atoms with van der Waals surface area (Å²) in [5.41, 5.74) is 6.54. The SMILES string of the molecule is Nc1cc(F)cc(CN2CC(=O)N3CCCCC3C2=O)c1. The van der Waals surface area contributed by atoms with Gasteiger partial charge in [0.2, 0.25) is 11.8 Å². The Bertz CT molecular complexity index is 570. The summed E-state index contributed by atoms with van der Waals surface area (Å²) in [6.07, 6.45) is 2.63. The molecule has 0 aliphatic carbocycles. The van der Waals surface area contributed by atoms with E-state index in [2.05, 4.69) is 0 Å². The normalized spacial score (nSPS) is 22.4. The molecule has 0 spiro atoms. The van der Waals surface area contributed by atoms with Crippen LogP contribution in [0.15, 0.2) is 18.2 Å². The number of piperidine rings is 1. The van der Waals surface area contributed by atoms with Crippen LogP contribution in [0.3, 0.4) is 0 Å². The van der Waals surface area contributed by atoms with E-state index in [1.807, 2.05) is 0 Å². The number of benzene rings is 1. The number of nitrogens with zero attached hydrogens (tertiary/aromatic N) is 2. The third-order valence-corrected chi connectivity index (χ3v) is 4.10. The molecular formula is C15H18FN3O2. The lowest BCUT2D eigenvalue weighted by molar-refractivity contribution is -0.158. The van der Waals surface area contributed by atoms with Crippen molar-refractivity contribution in [1.29, 1.82) is 0 Å². The van der Waals surface area contributed by atoms with Gasteiger partial charge in [0.05, 0.1) is 0 Å². The van der Waals surface area contributed by atoms with Gasteiger partial charge in [0, 0.05) is 18.8 Å². The quantitative estimate of drug-likeness (QED) is 0.831. The Morgan fingerprint density at radius 2 is 2.05 bits per heavy atom. The van der Waals surface area contributed by atoms with Crippen molar-refractivity contribution in [1.82, 2.24) is 9.80 Å². The molecule has 2 aliphatic heterocycles. The van der Waals surface area contributed by atoms with Gasteiger partial charge in [0.25, 0.3) is 0 Å². The van der Waals surface area contributed by atoms with Crippen LogP contribution in [-0.2, 0) is 16.1 Å². The summed E-state index contributed by atoms with van der Waals surface area (Å²) in [6.45, 7) is 0.943. The average Bonchev–Trinajstić information content (AvgIpc) is 2.43. The van der Waals surface area contributed by atoms with E-state index in [-0.39, 0.29) is 30.9 Å². The number of fused-ring (bicyclic) bond motifs is 1. The first kappa shape index (κ1) is 13.9. The fourth-order valence-corrected chi connectivity index (χ4v) is 3.15. The van der Waals surface area contributed by atoms with Crippen molar-refractivity contribution in [3.63, 3.8) is 0 Å². The maximum absolute atomic E-state index is 13.4. The van der Waals surface area contributed by atoms with Gasteiger partial charge in [-0.25, -0.2) is 4.39 Å². The van der Waals surface area contributed by atoms with E-state index in [9.17, 15) is 14.0 Å². The van der Waals surface area contributed by atoms with Crippen LogP contribution in [0, 0.1) is 5.82 Å². The molecule has 6 heteroatoms. The van der Waals surface area contributed by atoms with Gasteiger partial charge in [-0.05, 0) is 43.0 Å². The van der Waals surface area contributed by atoms with Gasteiger partial charge in [-0.3, -0.25) is 9.59 Å². The second-order valence-corrected chi connectivity index (χ2v) is 5.69. The van der Waals surface area contributed by atoms with Gasteiger partial charge in [-0.15, -0.1) is 0 Å². The summed E-state index contributed by atoms with van der Waals surface area (Å²) in [6, 6.07) is 3.87. The van der Waals surface area contributed by atoms with Gasteiger partial charge in [0.1, 0.15) is 18.4 Å². The lowest BCUT2D eigenvalue weighted by Gasteiger charge is -2.42. The molecule has 5 nitrogen and oxygen atoms in total. The highest BCUT2D eigenvalue weighted by Gasteiger charge is 2.40. The summed E-state index contributed by atoms with van der Waals surface area (Å²) in [5, 5.41) is 0. The molecule has 0 saturated carbocycles. The Kier molecular flexibility index (Phi) is 3.53. The predicted octanol–water partition coefficient (Wildman–Crippen LogP) is 1.13. The molecule has 1 unspecified atom stereocenters. The summed E-state index contributed by atoms with van der Waals surface area (Å²) < 4.78 is 13.4. The minimum atomic E-state index is -0.430. The molecule has 2 heterocycles. The van der Waals surface area contributed by atoms with Gasteiger partial charge in [0.15, 0.2) is 0 Å². The van der Waals surface area contributed by atoms with Crippen LogP contribution in [-0.4, -0.2) is 40.7 Å². The monoisotopic (exact) mass is 291 g/mol. The number of anilines is 1. The van der Waals surface area contributed by atoms with Crippen LogP contribution < -0.4 is 5.73 Å². The van der Waals surface area contributed by atoms with E-state index >= 15 is 0 Å². The van der Waals surface area contributed by atoms with Crippen molar-refractivity contribution in [2.75, 3.05) is 18.8 Å². The van der Waals surface area contributed by atoms with Gasteiger partial charge >= 0.3 is 0 Å². The highest BCUT2D eigenvalue weighted by molar-refractivity contribution is 5.95. The lowest BCUT2D eigenvalue weighted by Crippen LogP contribution is -2.60. The Labute approximate surface area is 122 Å². The number of nitrogens with two attached hydrogens (primary N) is 1. The van der Waals surface area contributed by atoms with E-state index in [1.54, 1.807) is 11.0 Å². The minimum absolute atomic E-state index is 0.0244. The average molecular weight is 291 g/mol. The predicted molar refractivity (Wildman–Crippen MR) is 75.6 cm³/mol. The van der Waals surface area contributed by atoms with Crippen molar-refractivity contribution in [2.45, 2.75) is 31.8 Å². The molecule has 1 aromatic rings. The van der Waals surface area contributed by atoms with Gasteiger partial charge in [-0.1, -0.05) is 0 Å². The molecule has 2 saturated heterocycles. The number of halogens is 1. The Morgan fingerprint density at radius 3 is 2.81 bits per heavy atom. The summed E-state index contributed by atoms with van der Waals surface area (Å²) in [4.78, 5) is 27.8. The van der Waals surface area contributed by atoms with Crippen molar-refractivity contribution in [3.8, 4) is 0 Å². The standard InChI is InChI=1S/C15H18FN3O2/c16-11-5-10(6-12(17)7-11)8-18-9-14(20)19-4-2-1-3-13(19)15(18)21/h5-7,13H,1-4,8-9,17H2. The zero-order valence-electron chi connectivity index (χ0n) is 11.7. The van der Waals surface area contributed by atoms with Crippen LogP contribution in [0.5, 0.6) is 0 Å². The minimum Gasteiger partial charge on any atom is -0.399 e. The molecule has 112 valence electrons. The van der Waals surface area contributed by atoms with Crippen LogP contribution in [0.1, 0.15) is 24.8 Å². The third-order valence-electron chi connectivity index (χ3n) is 4.10. The molecule has 2 N–H and O–H groups in total. The number of hydrogen-bond donors (Lipinski definition) is 1. The summed E-state index contributed by atoms with van der Waals surface area (Å²) in [7, 11) is 0. The molecule has 0 bridgehead atoms. The molecular weight excluding hydrogens is 273 g/mol. The highest BCUT2D eigenvalue weighted by Crippen LogP contribution is 2.24. The van der Waals surface area contributed by atoms with E-state index < -0.39 is 5.82 Å². The van der Waals surface area contributed by atoms with Crippen LogP contribution in [0.4, 0.5) is 10.1 Å². The van der Waals surface area contributed by atoms with Gasteiger partial charge < -0.3 is 15.5 Å². The Morgan fingerprint density at radius 1 is 1.24 bits per heavy atom. The number of carbonyl (C=O) groups excluding carboxylic acids is 2. The summed E-state index contributed by atoms with van der Waals surface area (Å²) >= 11 is 0. The maximum atomic E-state index is 13.4. The van der Waals surface area contributed by atoms with Crippen molar-refractivity contribution in [2.24, 2.45) is 0 Å². The molecule has 2 amide bonds. The summed E-state index contributed by atoms with van der Waals surface area (Å²) in [5.74, 6) is -0.499. The molecule has 1 atom stereocenters. The molecule has 1 aromatic carbocycles. The lowest BCUT2D eigenvalue weighted by atomic mass is 9.98. The van der Waals surface area contributed by atoms with Crippen LogP contribution >= 0.6 is 0 Å². The number of nitrogen functional groups attached to an aromatic ring is 1. The van der Waals surface area contributed by atoms with E-state index in [0.717, 1.165) is 12.8 Å². The Balaban J connectivity index is 1.79. The zero-order chi connectivity index (χ0) is 15.0. The van der Waals surface area contributed by atoms with Crippen molar-refractivity contribution >= 4 is 17.5 Å². The second-order valence-electron chi connectivity index (χ2n) is 5.69. The number of carbonyl (C=O) groups is 2. The fraction of sp³-hybridized carbons (Fsp3) is 0.467. The van der Waals surface area contributed by atoms with Gasteiger partial charge in [-0.2, -0.15) is 0 Å². The van der Waals surface area contributed by atoms with E-state index in [1.165, 1.54) is 17.0 Å². The zero-order valence-corrected chi connectivity index (χ0v) is 11.7. The van der Waals surface area contributed by atoms with Crippen LogP contribution in [0.2, 0.25) is 0 Å². The number of rotatable bonds is 2. The number of hydrogen-bond acceptors (Lipinski definition) is 3. The maximum Gasteiger partial charge on any atom is 0.246 e. The molecule has 21 heavy (non-hydrogen) atoms. The first-order valence-electron chi connectivity index (χ1n) is 7.18. The molecule has 3 rings (SSSR count). The molecule has 0 aromatic heterocycles. The number of amides is 2. The molecule has 2 fully saturated rings. The first-order valence-corrected chi connectivity index (χ1v) is 7.18. The van der Waals surface area contributed by atoms with Crippen molar-refractivity contribution < 1.29 is 14.0 Å². The highest BCUT2D eigenvalue weighted by atomic mass is 19.1. The molecule has 0 radical (unpaired) electrons. The Hall–Kier alpha value is -2.11. The van der Waals surface area contributed by atoms with E-state index in [4.69, 9.17) is 5.73 Å². The number of piperazine rings is 1. The first-order chi connectivity index (χ1) is 10.0. The second kappa shape index (κ2) is 5.35. The van der Waals surface area contributed by atoms with E-state index in [0.29, 0.717) is 24.2 Å².